The van der Waals surface area contributed by atoms with Gasteiger partial charge in [-0.05, 0) is 26.7 Å². The van der Waals surface area contributed by atoms with Crippen LogP contribution in [0.5, 0.6) is 0 Å². The largest absolute Gasteiger partial charge is 0.406 e. The van der Waals surface area contributed by atoms with E-state index >= 15 is 0 Å². The second kappa shape index (κ2) is 7.56. The highest BCUT2D eigenvalue weighted by Gasteiger charge is 2.39. The molecule has 2 aliphatic rings. The zero-order valence-corrected chi connectivity index (χ0v) is 15.2. The molecule has 3 rings (SSSR count). The Kier molecular flexibility index (Phi) is 5.57. The molecule has 6 nitrogen and oxygen atoms in total. The van der Waals surface area contributed by atoms with Crippen LogP contribution in [-0.2, 0) is 11.3 Å². The number of alkyl halides is 3. The van der Waals surface area contributed by atoms with Gasteiger partial charge in [0.05, 0.1) is 11.7 Å². The number of piperazine rings is 1. The molecule has 146 valence electrons. The van der Waals surface area contributed by atoms with E-state index in [1.807, 2.05) is 18.7 Å². The maximum Gasteiger partial charge on any atom is 0.406 e. The third kappa shape index (κ3) is 4.37. The summed E-state index contributed by atoms with van der Waals surface area (Å²) in [7, 11) is 0. The summed E-state index contributed by atoms with van der Waals surface area (Å²) < 4.78 is 43.1. The van der Waals surface area contributed by atoms with Gasteiger partial charge in [0.1, 0.15) is 12.3 Å². The topological polar surface area (TPSA) is 52.8 Å². The van der Waals surface area contributed by atoms with Crippen LogP contribution in [0, 0.1) is 13.8 Å². The maximum absolute atomic E-state index is 12.7. The molecule has 0 saturated carbocycles. The summed E-state index contributed by atoms with van der Waals surface area (Å²) in [5, 5.41) is 3.96. The van der Waals surface area contributed by atoms with Crippen LogP contribution in [0.25, 0.3) is 0 Å². The summed E-state index contributed by atoms with van der Waals surface area (Å²) in [5.74, 6) is 0.433. The van der Waals surface area contributed by atoms with Gasteiger partial charge in [0, 0.05) is 44.8 Å². The van der Waals surface area contributed by atoms with E-state index in [4.69, 9.17) is 4.52 Å². The fourth-order valence-electron chi connectivity index (χ4n) is 3.82. The average molecular weight is 374 g/mol. The van der Waals surface area contributed by atoms with Crippen molar-refractivity contribution in [3.8, 4) is 0 Å². The van der Waals surface area contributed by atoms with Crippen LogP contribution in [0.15, 0.2) is 4.52 Å². The van der Waals surface area contributed by atoms with Gasteiger partial charge in [-0.3, -0.25) is 14.6 Å². The van der Waals surface area contributed by atoms with Gasteiger partial charge in [0.15, 0.2) is 0 Å². The van der Waals surface area contributed by atoms with E-state index in [1.165, 1.54) is 0 Å². The van der Waals surface area contributed by atoms with E-state index in [0.29, 0.717) is 25.9 Å². The molecule has 0 N–H and O–H groups in total. The van der Waals surface area contributed by atoms with E-state index in [1.54, 1.807) is 0 Å². The van der Waals surface area contributed by atoms with Gasteiger partial charge in [-0.25, -0.2) is 0 Å². The summed E-state index contributed by atoms with van der Waals surface area (Å²) in [6, 6.07) is -0.424. The molecule has 2 saturated heterocycles. The summed E-state index contributed by atoms with van der Waals surface area (Å²) in [5.41, 5.74) is 1.97. The zero-order chi connectivity index (χ0) is 18.9. The molecule has 0 bridgehead atoms. The first-order valence-electron chi connectivity index (χ1n) is 8.98. The lowest BCUT2D eigenvalue weighted by Crippen LogP contribution is -2.58. The van der Waals surface area contributed by atoms with Crippen LogP contribution in [0.2, 0.25) is 0 Å². The number of aryl methyl sites for hydroxylation is 2. The molecule has 1 aromatic heterocycles. The number of piperidine rings is 1. The number of hydrogen-bond donors (Lipinski definition) is 0. The Balaban J connectivity index is 1.55. The molecule has 26 heavy (non-hydrogen) atoms. The van der Waals surface area contributed by atoms with E-state index in [9.17, 15) is 18.0 Å². The molecule has 0 spiro atoms. The van der Waals surface area contributed by atoms with Crippen LogP contribution in [0.4, 0.5) is 13.2 Å². The first-order valence-corrected chi connectivity index (χ1v) is 8.98. The van der Waals surface area contributed by atoms with Gasteiger partial charge in [0.25, 0.3) is 0 Å². The fraction of sp³-hybridized carbons (Fsp3) is 0.765. The van der Waals surface area contributed by atoms with Gasteiger partial charge in [-0.15, -0.1) is 0 Å². The normalized spacial score (nSPS) is 23.7. The van der Waals surface area contributed by atoms with Crippen LogP contribution < -0.4 is 0 Å². The quantitative estimate of drug-likeness (QED) is 0.807. The van der Waals surface area contributed by atoms with Crippen molar-refractivity contribution in [1.29, 1.82) is 0 Å². The highest BCUT2D eigenvalue weighted by molar-refractivity contribution is 5.82. The minimum Gasteiger partial charge on any atom is -0.361 e. The SMILES string of the molecule is Cc1noc(C)c1CN1CCN([C@H]2CCCN(CC(F)(F)F)C2=O)CC1. The number of likely N-dealkylation sites (tertiary alicyclic amines) is 1. The average Bonchev–Trinajstić information content (AvgIpc) is 2.88. The highest BCUT2D eigenvalue weighted by Crippen LogP contribution is 2.24. The first-order chi connectivity index (χ1) is 12.2. The lowest BCUT2D eigenvalue weighted by Gasteiger charge is -2.42. The van der Waals surface area contributed by atoms with Gasteiger partial charge in [-0.2, -0.15) is 13.2 Å². The predicted octanol–water partition coefficient (Wildman–Crippen LogP) is 1.96. The second-order valence-corrected chi connectivity index (χ2v) is 7.15. The number of halogens is 3. The van der Waals surface area contributed by atoms with Gasteiger partial charge in [0.2, 0.25) is 5.91 Å². The first kappa shape index (κ1) is 19.2. The highest BCUT2D eigenvalue weighted by atomic mass is 19.4. The summed E-state index contributed by atoms with van der Waals surface area (Å²) in [4.78, 5) is 17.7. The molecular formula is C17H25F3N4O2. The Hall–Kier alpha value is -1.61. The molecule has 0 aliphatic carbocycles. The zero-order valence-electron chi connectivity index (χ0n) is 15.2. The van der Waals surface area contributed by atoms with E-state index in [2.05, 4.69) is 10.1 Å². The molecule has 0 unspecified atom stereocenters. The number of rotatable bonds is 4. The predicted molar refractivity (Wildman–Crippen MR) is 88.5 cm³/mol. The Bertz CT molecular complexity index is 619. The number of nitrogens with zero attached hydrogens (tertiary/aromatic N) is 4. The number of hydrogen-bond acceptors (Lipinski definition) is 5. The van der Waals surface area contributed by atoms with Crippen molar-refractivity contribution in [2.75, 3.05) is 39.3 Å². The Labute approximate surface area is 150 Å². The molecular weight excluding hydrogens is 349 g/mol. The van der Waals surface area contributed by atoms with Crippen LogP contribution in [0.3, 0.4) is 0 Å². The molecule has 3 heterocycles. The number of carbonyl (C=O) groups is 1. The van der Waals surface area contributed by atoms with Crippen molar-refractivity contribution in [3.63, 3.8) is 0 Å². The third-order valence-electron chi connectivity index (χ3n) is 5.28. The number of carbonyl (C=O) groups excluding carboxylic acids is 1. The van der Waals surface area contributed by atoms with Crippen molar-refractivity contribution in [1.82, 2.24) is 19.9 Å². The summed E-state index contributed by atoms with van der Waals surface area (Å²) in [6.45, 7) is 6.50. The van der Waals surface area contributed by atoms with Gasteiger partial charge >= 0.3 is 6.18 Å². The van der Waals surface area contributed by atoms with Crippen LogP contribution >= 0.6 is 0 Å². The van der Waals surface area contributed by atoms with Crippen molar-refractivity contribution in [3.05, 3.63) is 17.0 Å². The van der Waals surface area contributed by atoms with E-state index < -0.39 is 18.8 Å². The monoisotopic (exact) mass is 374 g/mol. The lowest BCUT2D eigenvalue weighted by molar-refractivity contribution is -0.168. The molecule has 0 radical (unpaired) electrons. The standard InChI is InChI=1S/C17H25F3N4O2/c1-12-14(13(2)26-21-12)10-22-6-8-23(9-7-22)15-4-3-5-24(16(15)25)11-17(18,19)20/h15H,3-11H2,1-2H3/t15-/m0/s1. The van der Waals surface area contributed by atoms with Crippen molar-refractivity contribution in [2.45, 2.75) is 45.5 Å². The van der Waals surface area contributed by atoms with E-state index in [-0.39, 0.29) is 12.5 Å². The van der Waals surface area contributed by atoms with Gasteiger partial charge < -0.3 is 9.42 Å². The molecule has 0 aromatic carbocycles. The molecule has 9 heteroatoms. The Morgan fingerprint density at radius 3 is 2.42 bits per heavy atom. The summed E-state index contributed by atoms with van der Waals surface area (Å²) >= 11 is 0. The van der Waals surface area contributed by atoms with Crippen molar-refractivity contribution >= 4 is 5.91 Å². The maximum atomic E-state index is 12.7. The minimum atomic E-state index is -4.34. The Morgan fingerprint density at radius 1 is 1.15 bits per heavy atom. The van der Waals surface area contributed by atoms with Gasteiger partial charge in [-0.1, -0.05) is 5.16 Å². The smallest absolute Gasteiger partial charge is 0.361 e. The van der Waals surface area contributed by atoms with Crippen LogP contribution in [0.1, 0.15) is 29.9 Å². The molecule has 1 aromatic rings. The number of amides is 1. The molecule has 1 amide bonds. The van der Waals surface area contributed by atoms with Crippen molar-refractivity contribution in [2.24, 2.45) is 0 Å². The molecule has 1 atom stereocenters. The summed E-state index contributed by atoms with van der Waals surface area (Å²) in [6.07, 6.45) is -3.09. The number of aromatic nitrogens is 1. The van der Waals surface area contributed by atoms with E-state index in [0.717, 1.165) is 41.6 Å². The molecule has 2 aliphatic heterocycles. The van der Waals surface area contributed by atoms with Crippen molar-refractivity contribution < 1.29 is 22.5 Å². The second-order valence-electron chi connectivity index (χ2n) is 7.15. The minimum absolute atomic E-state index is 0.195. The van der Waals surface area contributed by atoms with Crippen LogP contribution in [-0.4, -0.2) is 77.3 Å². The fourth-order valence-corrected chi connectivity index (χ4v) is 3.82. The third-order valence-corrected chi connectivity index (χ3v) is 5.28. The molecule has 2 fully saturated rings. The Morgan fingerprint density at radius 2 is 1.85 bits per heavy atom. The lowest BCUT2D eigenvalue weighted by atomic mass is 10.0.